The summed E-state index contributed by atoms with van der Waals surface area (Å²) in [5.74, 6) is 10.8. The van der Waals surface area contributed by atoms with E-state index in [1.807, 2.05) is 0 Å². The van der Waals surface area contributed by atoms with Crippen molar-refractivity contribution in [2.24, 2.45) is 59.2 Å². The standard InChI is InChI=1S/C38H68Si/c1-27(29-15-7-5-8-16-29)23-31-25-37(35-21-13-11-19-33(31)35)39(3,4)38-26-32(34-20-12-14-22-36(34)38)24-28(2)30-17-9-6-10-18-30/h27-38H,5-26H2,1-4H3. The first-order chi connectivity index (χ1) is 18.9. The molecule has 0 radical (unpaired) electrons. The van der Waals surface area contributed by atoms with Gasteiger partial charge >= 0.3 is 0 Å². The molecule has 0 N–H and O–H groups in total. The molecule has 6 fully saturated rings. The highest BCUT2D eigenvalue weighted by Crippen LogP contribution is 2.65. The lowest BCUT2D eigenvalue weighted by Crippen LogP contribution is -2.43. The summed E-state index contributed by atoms with van der Waals surface area (Å²) >= 11 is 0. The Morgan fingerprint density at radius 1 is 0.462 bits per heavy atom. The monoisotopic (exact) mass is 553 g/mol. The van der Waals surface area contributed by atoms with Crippen molar-refractivity contribution >= 4 is 8.07 Å². The van der Waals surface area contributed by atoms with Crippen LogP contribution in [0.4, 0.5) is 0 Å². The van der Waals surface area contributed by atoms with Crippen LogP contribution in [0.15, 0.2) is 0 Å². The Kier molecular flexibility index (Phi) is 9.64. The van der Waals surface area contributed by atoms with Gasteiger partial charge in [0.15, 0.2) is 0 Å². The molecule has 224 valence electrons. The van der Waals surface area contributed by atoms with E-state index in [1.54, 1.807) is 103 Å². The molecule has 0 aliphatic heterocycles. The van der Waals surface area contributed by atoms with E-state index < -0.39 is 8.07 Å². The molecule has 10 atom stereocenters. The molecular formula is C38H68Si. The summed E-state index contributed by atoms with van der Waals surface area (Å²) in [5, 5.41) is 0. The Morgan fingerprint density at radius 3 is 1.18 bits per heavy atom. The highest BCUT2D eigenvalue weighted by atomic mass is 28.3. The summed E-state index contributed by atoms with van der Waals surface area (Å²) in [6, 6.07) is 0. The third kappa shape index (κ3) is 6.16. The Balaban J connectivity index is 1.16. The van der Waals surface area contributed by atoms with Crippen molar-refractivity contribution in [2.75, 3.05) is 0 Å². The van der Waals surface area contributed by atoms with Crippen LogP contribution in [0.25, 0.3) is 0 Å². The van der Waals surface area contributed by atoms with E-state index in [9.17, 15) is 0 Å². The Labute approximate surface area is 246 Å². The highest BCUT2D eigenvalue weighted by molar-refractivity contribution is 6.80. The molecule has 0 saturated heterocycles. The van der Waals surface area contributed by atoms with Gasteiger partial charge in [-0.05, 0) is 109 Å². The van der Waals surface area contributed by atoms with E-state index in [4.69, 9.17) is 0 Å². The van der Waals surface area contributed by atoms with E-state index >= 15 is 0 Å². The van der Waals surface area contributed by atoms with Crippen LogP contribution < -0.4 is 0 Å². The predicted molar refractivity (Wildman–Crippen MR) is 173 cm³/mol. The molecule has 0 spiro atoms. The van der Waals surface area contributed by atoms with Crippen molar-refractivity contribution < 1.29 is 0 Å². The van der Waals surface area contributed by atoms with Crippen molar-refractivity contribution in [3.8, 4) is 0 Å². The van der Waals surface area contributed by atoms with Gasteiger partial charge in [0, 0.05) is 0 Å². The van der Waals surface area contributed by atoms with E-state index in [-0.39, 0.29) is 0 Å². The zero-order chi connectivity index (χ0) is 27.0. The largest absolute Gasteiger partial charge is 0.0689 e. The van der Waals surface area contributed by atoms with Crippen LogP contribution in [0.1, 0.15) is 155 Å². The zero-order valence-electron chi connectivity index (χ0n) is 27.0. The van der Waals surface area contributed by atoms with Gasteiger partial charge in [0.05, 0.1) is 8.07 Å². The lowest BCUT2D eigenvalue weighted by molar-refractivity contribution is 0.169. The quantitative estimate of drug-likeness (QED) is 0.263. The zero-order valence-corrected chi connectivity index (χ0v) is 28.0. The van der Waals surface area contributed by atoms with Crippen molar-refractivity contribution in [2.45, 2.75) is 179 Å². The van der Waals surface area contributed by atoms with E-state index in [2.05, 4.69) is 26.9 Å². The van der Waals surface area contributed by atoms with Crippen molar-refractivity contribution in [3.05, 3.63) is 0 Å². The normalized spacial score (nSPS) is 42.2. The van der Waals surface area contributed by atoms with Gasteiger partial charge in [0.25, 0.3) is 0 Å². The number of fused-ring (bicyclic) bond motifs is 2. The van der Waals surface area contributed by atoms with Crippen LogP contribution >= 0.6 is 0 Å². The molecule has 39 heavy (non-hydrogen) atoms. The second-order valence-corrected chi connectivity index (χ2v) is 22.6. The topological polar surface area (TPSA) is 0 Å². The maximum absolute atomic E-state index is 2.97. The summed E-state index contributed by atoms with van der Waals surface area (Å²) < 4.78 is 0. The fourth-order valence-electron chi connectivity index (χ4n) is 13.2. The molecule has 0 aromatic rings. The first kappa shape index (κ1) is 29.3. The Bertz CT molecular complexity index is 697. The van der Waals surface area contributed by atoms with Gasteiger partial charge < -0.3 is 0 Å². The summed E-state index contributed by atoms with van der Waals surface area (Å²) in [7, 11) is -1.32. The van der Waals surface area contributed by atoms with Crippen molar-refractivity contribution in [1.82, 2.24) is 0 Å². The molecule has 0 bridgehead atoms. The molecule has 0 aromatic carbocycles. The van der Waals surface area contributed by atoms with Gasteiger partial charge in [-0.2, -0.15) is 0 Å². The fraction of sp³-hybridized carbons (Fsp3) is 1.00. The van der Waals surface area contributed by atoms with Crippen LogP contribution in [0.5, 0.6) is 0 Å². The maximum Gasteiger partial charge on any atom is 0.0541 e. The van der Waals surface area contributed by atoms with Crippen LogP contribution in [0, 0.1) is 59.2 Å². The summed E-state index contributed by atoms with van der Waals surface area (Å²) in [6.45, 7) is 11.3. The molecule has 10 unspecified atom stereocenters. The third-order valence-corrected chi connectivity index (χ3v) is 20.4. The maximum atomic E-state index is 2.97. The van der Waals surface area contributed by atoms with E-state index in [0.717, 1.165) is 70.3 Å². The molecule has 6 rings (SSSR count). The molecule has 0 nitrogen and oxygen atoms in total. The van der Waals surface area contributed by atoms with Gasteiger partial charge in [0.2, 0.25) is 0 Å². The first-order valence-corrected chi connectivity index (χ1v) is 22.1. The number of hydrogen-bond donors (Lipinski definition) is 0. The first-order valence-electron chi connectivity index (χ1n) is 18.9. The van der Waals surface area contributed by atoms with Gasteiger partial charge in [0.1, 0.15) is 0 Å². The van der Waals surface area contributed by atoms with Gasteiger partial charge in [-0.3, -0.25) is 0 Å². The predicted octanol–water partition coefficient (Wildman–Crippen LogP) is 12.3. The lowest BCUT2D eigenvalue weighted by Gasteiger charge is -2.45. The molecule has 1 heteroatoms. The fourth-order valence-corrected chi connectivity index (χ4v) is 18.6. The summed E-state index contributed by atoms with van der Waals surface area (Å²) in [5.41, 5.74) is 2.32. The van der Waals surface area contributed by atoms with Gasteiger partial charge in [-0.25, -0.2) is 0 Å². The van der Waals surface area contributed by atoms with Gasteiger partial charge in [-0.15, -0.1) is 0 Å². The Morgan fingerprint density at radius 2 is 0.795 bits per heavy atom. The molecule has 6 aliphatic carbocycles. The molecule has 0 heterocycles. The second kappa shape index (κ2) is 12.8. The highest BCUT2D eigenvalue weighted by Gasteiger charge is 2.57. The molecular weight excluding hydrogens is 485 g/mol. The van der Waals surface area contributed by atoms with Gasteiger partial charge in [-0.1, -0.05) is 130 Å². The van der Waals surface area contributed by atoms with E-state index in [0.29, 0.717) is 0 Å². The number of hydrogen-bond acceptors (Lipinski definition) is 0. The smallest absolute Gasteiger partial charge is 0.0541 e. The molecule has 6 saturated carbocycles. The lowest BCUT2D eigenvalue weighted by atomic mass is 9.72. The molecule has 0 amide bonds. The van der Waals surface area contributed by atoms with Crippen LogP contribution in [-0.2, 0) is 0 Å². The second-order valence-electron chi connectivity index (χ2n) is 17.5. The minimum atomic E-state index is -1.32. The molecule has 6 aliphatic rings. The van der Waals surface area contributed by atoms with Crippen LogP contribution in [0.3, 0.4) is 0 Å². The van der Waals surface area contributed by atoms with Crippen LogP contribution in [-0.4, -0.2) is 8.07 Å². The van der Waals surface area contributed by atoms with Crippen molar-refractivity contribution in [1.29, 1.82) is 0 Å². The summed E-state index contributed by atoms with van der Waals surface area (Å²) in [6.07, 6.45) is 34.6. The SMILES string of the molecule is CC(CC1CC([Si](C)(C)C2CC(CC(C)C3CCCCC3)C3CCCCC32)C2CCCCC12)C1CCCCC1. The molecule has 0 aromatic heterocycles. The van der Waals surface area contributed by atoms with Crippen LogP contribution in [0.2, 0.25) is 24.2 Å². The van der Waals surface area contributed by atoms with Crippen molar-refractivity contribution in [3.63, 3.8) is 0 Å². The minimum Gasteiger partial charge on any atom is -0.0689 e. The summed E-state index contributed by atoms with van der Waals surface area (Å²) in [4.78, 5) is 0. The van der Waals surface area contributed by atoms with E-state index in [1.165, 1.54) is 38.5 Å². The number of rotatable bonds is 8. The minimum absolute atomic E-state index is 1.00. The third-order valence-electron chi connectivity index (χ3n) is 15.3. The Hall–Kier alpha value is 0.217. The average molecular weight is 553 g/mol. The average Bonchev–Trinajstić information content (AvgIpc) is 3.54.